The van der Waals surface area contributed by atoms with Crippen LogP contribution in [0.15, 0.2) is 59.5 Å². The van der Waals surface area contributed by atoms with Crippen molar-refractivity contribution in [2.45, 2.75) is 57.4 Å². The Morgan fingerprint density at radius 2 is 1.69 bits per heavy atom. The zero-order valence-corrected chi connectivity index (χ0v) is 29.6. The number of nitrogens with one attached hydrogen (secondary N) is 3. The average molecular weight is 695 g/mol. The maximum atomic E-state index is 13.5. The molecule has 1 aromatic heterocycles. The molecule has 1 fully saturated rings. The minimum absolute atomic E-state index is 0.0231. The summed E-state index contributed by atoms with van der Waals surface area (Å²) >= 11 is 5.68. The van der Waals surface area contributed by atoms with E-state index in [9.17, 15) is 14.4 Å². The summed E-state index contributed by atoms with van der Waals surface area (Å²) in [6, 6.07) is 9.68. The van der Waals surface area contributed by atoms with Gasteiger partial charge in [0.05, 0.1) is 19.8 Å². The number of carbonyl (C=O) groups is 3. The first-order valence-corrected chi connectivity index (χ1v) is 17.9. The minimum atomic E-state index is -0.328. The number of anilines is 1. The van der Waals surface area contributed by atoms with Gasteiger partial charge >= 0.3 is 0 Å². The molecule has 0 saturated heterocycles. The van der Waals surface area contributed by atoms with Gasteiger partial charge in [0.15, 0.2) is 0 Å². The van der Waals surface area contributed by atoms with E-state index in [0.29, 0.717) is 63.8 Å². The highest BCUT2D eigenvalue weighted by atomic mass is 35.5. The summed E-state index contributed by atoms with van der Waals surface area (Å²) in [6.07, 6.45) is 16.1. The highest BCUT2D eigenvalue weighted by molar-refractivity contribution is 6.19. The predicted molar refractivity (Wildman–Crippen MR) is 195 cm³/mol. The fourth-order valence-corrected chi connectivity index (χ4v) is 5.96. The van der Waals surface area contributed by atoms with Gasteiger partial charge in [0, 0.05) is 63.2 Å². The summed E-state index contributed by atoms with van der Waals surface area (Å²) in [5.41, 5.74) is 3.09. The van der Waals surface area contributed by atoms with Crippen molar-refractivity contribution in [3.05, 3.63) is 65.6 Å². The molecule has 0 atom stereocenters. The summed E-state index contributed by atoms with van der Waals surface area (Å²) in [5.74, 6) is 0.470. The van der Waals surface area contributed by atoms with Gasteiger partial charge in [-0.15, -0.1) is 11.6 Å². The monoisotopic (exact) mass is 694 g/mol. The number of hydrogen-bond donors (Lipinski definition) is 3. The molecule has 1 aliphatic carbocycles. The van der Waals surface area contributed by atoms with Crippen molar-refractivity contribution in [3.8, 4) is 0 Å². The molecular weight excluding hydrogens is 644 g/mol. The van der Waals surface area contributed by atoms with Gasteiger partial charge in [0.2, 0.25) is 11.8 Å². The second-order valence-corrected chi connectivity index (χ2v) is 13.0. The molecule has 12 heteroatoms. The van der Waals surface area contributed by atoms with E-state index < -0.39 is 0 Å². The minimum Gasteiger partial charge on any atom is -0.379 e. The third-order valence-electron chi connectivity index (χ3n) is 8.59. The molecule has 3 N–H and O–H groups in total. The molecule has 4 rings (SSSR count). The molecule has 2 heterocycles. The molecule has 2 aromatic rings. The smallest absolute Gasteiger partial charge is 0.278 e. The number of aromatic nitrogens is 1. The SMILES string of the molecule is CN(C)c1ccc(/C=C2N=C(/C=C/c3cc[nH]c3)N(CC(=O)NC3CCC(C(=O)NCCOCCOCCCCCCCl)CC3)C/2=O)cc1. The van der Waals surface area contributed by atoms with Crippen LogP contribution in [0, 0.1) is 5.92 Å². The van der Waals surface area contributed by atoms with Crippen molar-refractivity contribution in [3.63, 3.8) is 0 Å². The molecule has 266 valence electrons. The van der Waals surface area contributed by atoms with Crippen molar-refractivity contribution in [2.24, 2.45) is 10.9 Å². The lowest BCUT2D eigenvalue weighted by molar-refractivity contribution is -0.129. The van der Waals surface area contributed by atoms with E-state index in [2.05, 4.69) is 20.6 Å². The molecule has 11 nitrogen and oxygen atoms in total. The first-order chi connectivity index (χ1) is 23.8. The Morgan fingerprint density at radius 3 is 2.39 bits per heavy atom. The Hall–Kier alpha value is -3.93. The number of aliphatic imine (C=N–C) groups is 1. The summed E-state index contributed by atoms with van der Waals surface area (Å²) in [4.78, 5) is 50.4. The lowest BCUT2D eigenvalue weighted by atomic mass is 9.85. The summed E-state index contributed by atoms with van der Waals surface area (Å²) in [7, 11) is 3.94. The highest BCUT2D eigenvalue weighted by Crippen LogP contribution is 2.25. The molecule has 49 heavy (non-hydrogen) atoms. The number of benzene rings is 1. The first kappa shape index (κ1) is 37.9. The Balaban J connectivity index is 1.19. The van der Waals surface area contributed by atoms with Crippen molar-refractivity contribution in [2.75, 3.05) is 64.4 Å². The molecule has 1 aromatic carbocycles. The van der Waals surface area contributed by atoms with Crippen LogP contribution in [0.4, 0.5) is 5.69 Å². The number of carbonyl (C=O) groups excluding carboxylic acids is 3. The Kier molecular flexibility index (Phi) is 15.9. The molecule has 0 radical (unpaired) electrons. The number of ether oxygens (including phenoxy) is 2. The van der Waals surface area contributed by atoms with E-state index in [1.165, 1.54) is 4.90 Å². The maximum absolute atomic E-state index is 13.5. The van der Waals surface area contributed by atoms with Crippen LogP contribution in [0.2, 0.25) is 0 Å². The van der Waals surface area contributed by atoms with Crippen molar-refractivity contribution >= 4 is 53.0 Å². The number of unbranched alkanes of at least 4 members (excludes halogenated alkanes) is 3. The molecule has 0 unspecified atom stereocenters. The van der Waals surface area contributed by atoms with Gasteiger partial charge in [-0.3, -0.25) is 19.3 Å². The zero-order valence-electron chi connectivity index (χ0n) is 28.8. The Bertz CT molecular complexity index is 1420. The third-order valence-corrected chi connectivity index (χ3v) is 8.86. The fourth-order valence-electron chi connectivity index (χ4n) is 5.77. The van der Waals surface area contributed by atoms with Crippen LogP contribution in [-0.4, -0.2) is 99.0 Å². The molecule has 1 saturated carbocycles. The third kappa shape index (κ3) is 12.8. The van der Waals surface area contributed by atoms with Gasteiger partial charge in [-0.2, -0.15) is 0 Å². The van der Waals surface area contributed by atoms with Gasteiger partial charge in [-0.25, -0.2) is 4.99 Å². The van der Waals surface area contributed by atoms with Crippen LogP contribution in [-0.2, 0) is 23.9 Å². The van der Waals surface area contributed by atoms with Crippen molar-refractivity contribution in [1.29, 1.82) is 0 Å². The first-order valence-electron chi connectivity index (χ1n) is 17.3. The van der Waals surface area contributed by atoms with Crippen molar-refractivity contribution in [1.82, 2.24) is 20.5 Å². The van der Waals surface area contributed by atoms with Crippen molar-refractivity contribution < 1.29 is 23.9 Å². The van der Waals surface area contributed by atoms with Gasteiger partial charge in [0.25, 0.3) is 5.91 Å². The summed E-state index contributed by atoms with van der Waals surface area (Å²) in [5, 5.41) is 6.05. The number of hydrogen-bond acceptors (Lipinski definition) is 7. The summed E-state index contributed by atoms with van der Waals surface area (Å²) < 4.78 is 11.2. The van der Waals surface area contributed by atoms with Gasteiger partial charge in [-0.05, 0) is 86.1 Å². The number of amidine groups is 1. The number of alkyl halides is 1. The lowest BCUT2D eigenvalue weighted by Gasteiger charge is -2.29. The number of aromatic amines is 1. The fraction of sp³-hybridized carbons (Fsp3) is 0.514. The van der Waals surface area contributed by atoms with E-state index in [4.69, 9.17) is 21.1 Å². The largest absolute Gasteiger partial charge is 0.379 e. The van der Waals surface area contributed by atoms with Gasteiger partial charge < -0.3 is 30.0 Å². The highest BCUT2D eigenvalue weighted by Gasteiger charge is 2.32. The molecular formula is C37H51ClN6O5. The van der Waals surface area contributed by atoms with Crippen LogP contribution >= 0.6 is 11.6 Å². The van der Waals surface area contributed by atoms with E-state index in [-0.39, 0.29) is 41.9 Å². The van der Waals surface area contributed by atoms with Gasteiger partial charge in [0.1, 0.15) is 18.1 Å². The Labute approximate surface area is 295 Å². The van der Waals surface area contributed by atoms with E-state index in [0.717, 1.165) is 49.1 Å². The van der Waals surface area contributed by atoms with Crippen LogP contribution < -0.4 is 15.5 Å². The predicted octanol–water partition coefficient (Wildman–Crippen LogP) is 5.00. The number of H-pyrrole nitrogens is 1. The number of halogens is 1. The van der Waals surface area contributed by atoms with E-state index >= 15 is 0 Å². The lowest BCUT2D eigenvalue weighted by Crippen LogP contribution is -2.46. The van der Waals surface area contributed by atoms with E-state index in [1.54, 1.807) is 12.2 Å². The summed E-state index contributed by atoms with van der Waals surface area (Å²) in [6.45, 7) is 2.53. The maximum Gasteiger partial charge on any atom is 0.278 e. The number of rotatable bonds is 20. The second-order valence-electron chi connectivity index (χ2n) is 12.6. The van der Waals surface area contributed by atoms with E-state index in [1.807, 2.05) is 67.8 Å². The van der Waals surface area contributed by atoms with Crippen LogP contribution in [0.25, 0.3) is 12.2 Å². The zero-order chi connectivity index (χ0) is 34.8. The molecule has 1 aliphatic heterocycles. The Morgan fingerprint density at radius 1 is 0.959 bits per heavy atom. The average Bonchev–Trinajstić information content (AvgIpc) is 3.72. The van der Waals surface area contributed by atoms with Crippen LogP contribution in [0.5, 0.6) is 0 Å². The second kappa shape index (κ2) is 20.6. The van der Waals surface area contributed by atoms with Crippen LogP contribution in [0.1, 0.15) is 62.5 Å². The number of amides is 3. The van der Waals surface area contributed by atoms with Gasteiger partial charge in [-0.1, -0.05) is 25.0 Å². The number of nitrogens with zero attached hydrogens (tertiary/aromatic N) is 3. The quantitative estimate of drug-likeness (QED) is 0.102. The topological polar surface area (TPSA) is 128 Å². The molecule has 0 spiro atoms. The molecule has 0 bridgehead atoms. The molecule has 3 amide bonds. The molecule has 2 aliphatic rings. The standard InChI is InChI=1S/C37H51ClN6O5/c1-43(2)32-14-7-28(8-15-32)25-33-37(47)44(34(42-33)16-9-29-17-19-39-26-29)27-35(45)41-31-12-10-30(11-13-31)36(46)40-20-22-49-24-23-48-21-6-4-3-5-18-38/h7-9,14-17,19,25-26,30-31,39H,3-6,10-13,18,20-24,27H2,1-2H3,(H,40,46)(H,41,45)/b16-9+,33-25+. The normalized spacial score (nSPS) is 18.7. The van der Waals surface area contributed by atoms with Crippen LogP contribution in [0.3, 0.4) is 0 Å².